The zero-order valence-corrected chi connectivity index (χ0v) is 26.6. The minimum atomic E-state index is -1.42. The summed E-state index contributed by atoms with van der Waals surface area (Å²) in [6.45, 7) is 12.4. The van der Waals surface area contributed by atoms with Crippen LogP contribution in [0.1, 0.15) is 80.6 Å². The Labute approximate surface area is 247 Å². The normalized spacial score (nSPS) is 32.2. The molecule has 0 aromatic heterocycles. The largest absolute Gasteiger partial charge is 0.457 e. The number of aliphatic hydroxyl groups is 4. The average molecular weight is 665 g/mol. The molecule has 0 spiro atoms. The average Bonchev–Trinajstić information content (AvgIpc) is 2.85. The summed E-state index contributed by atoms with van der Waals surface area (Å²) >= 11 is 2.21. The summed E-state index contributed by atoms with van der Waals surface area (Å²) in [5.74, 6) is -1.32. The number of carbonyl (C=O) groups excluding carboxylic acids is 2. The fraction of sp³-hybridized carbons (Fsp3) is 0.733. The van der Waals surface area contributed by atoms with Crippen molar-refractivity contribution < 1.29 is 39.5 Å². The number of carbonyl (C=O) groups is 2. The molecule has 1 aliphatic heterocycles. The Balaban J connectivity index is 3.07. The van der Waals surface area contributed by atoms with Crippen LogP contribution in [-0.2, 0) is 19.1 Å². The van der Waals surface area contributed by atoms with Crippen molar-refractivity contribution in [3.63, 3.8) is 0 Å². The van der Waals surface area contributed by atoms with E-state index in [4.69, 9.17) is 9.47 Å². The standard InChI is InChI=1S/C30H49IO8/c1-8-24(34)21(5)28(31)25(35)16-18(2)10-9-11-19(3)29-20(4)12-13-26(38-22(6)32)30(7,37)15-14-23(33)17-27(36)39-29/h9-13,18,20-21,23-26,28-29,33-35,37H,8,14-17H2,1-7H3/b10-9+,13-12+,19-11+. The third kappa shape index (κ3) is 12.4. The van der Waals surface area contributed by atoms with Gasteiger partial charge in [-0.1, -0.05) is 74.6 Å². The molecule has 10 unspecified atom stereocenters. The Kier molecular flexibility index (Phi) is 15.5. The number of ether oxygens (including phenoxy) is 2. The van der Waals surface area contributed by atoms with E-state index in [1.807, 2.05) is 52.8 Å². The Morgan fingerprint density at radius 1 is 1.26 bits per heavy atom. The molecule has 0 fully saturated rings. The van der Waals surface area contributed by atoms with Gasteiger partial charge in [0.15, 0.2) is 0 Å². The van der Waals surface area contributed by atoms with Crippen LogP contribution in [0.3, 0.4) is 0 Å². The Bertz CT molecular complexity index is 867. The lowest BCUT2D eigenvalue weighted by Crippen LogP contribution is -2.42. The molecule has 0 saturated heterocycles. The van der Waals surface area contributed by atoms with Gasteiger partial charge >= 0.3 is 11.9 Å². The van der Waals surface area contributed by atoms with Gasteiger partial charge in [0, 0.05) is 16.8 Å². The lowest BCUT2D eigenvalue weighted by molar-refractivity contribution is -0.157. The predicted octanol–water partition coefficient (Wildman–Crippen LogP) is 4.42. The molecule has 9 heteroatoms. The Hall–Kier alpha value is -1.27. The minimum Gasteiger partial charge on any atom is -0.457 e. The molecule has 8 nitrogen and oxygen atoms in total. The number of rotatable bonds is 10. The van der Waals surface area contributed by atoms with Crippen molar-refractivity contribution in [2.75, 3.05) is 0 Å². The molecule has 0 amide bonds. The molecule has 1 heterocycles. The second-order valence-corrected chi connectivity index (χ2v) is 12.7. The summed E-state index contributed by atoms with van der Waals surface area (Å²) in [5.41, 5.74) is -0.641. The van der Waals surface area contributed by atoms with E-state index in [0.29, 0.717) is 12.8 Å². The molecule has 0 saturated carbocycles. The highest BCUT2D eigenvalue weighted by molar-refractivity contribution is 14.1. The van der Waals surface area contributed by atoms with Gasteiger partial charge in [0.2, 0.25) is 0 Å². The van der Waals surface area contributed by atoms with Crippen molar-refractivity contribution in [3.05, 3.63) is 36.0 Å². The van der Waals surface area contributed by atoms with Crippen LogP contribution < -0.4 is 0 Å². The monoisotopic (exact) mass is 664 g/mol. The van der Waals surface area contributed by atoms with Gasteiger partial charge in [-0.2, -0.15) is 0 Å². The van der Waals surface area contributed by atoms with Crippen LogP contribution in [0.4, 0.5) is 0 Å². The van der Waals surface area contributed by atoms with Crippen LogP contribution in [-0.4, -0.2) is 72.4 Å². The molecule has 39 heavy (non-hydrogen) atoms. The van der Waals surface area contributed by atoms with Gasteiger partial charge in [0.1, 0.15) is 17.8 Å². The lowest BCUT2D eigenvalue weighted by atomic mass is 9.88. The fourth-order valence-corrected chi connectivity index (χ4v) is 5.42. The first-order chi connectivity index (χ1) is 18.1. The molecule has 10 atom stereocenters. The Morgan fingerprint density at radius 2 is 1.90 bits per heavy atom. The summed E-state index contributed by atoms with van der Waals surface area (Å²) < 4.78 is 11.1. The summed E-state index contributed by atoms with van der Waals surface area (Å²) in [4.78, 5) is 24.3. The molecule has 1 rings (SSSR count). The number of aliphatic hydroxyl groups excluding tert-OH is 3. The number of allylic oxidation sites excluding steroid dienone is 3. The van der Waals surface area contributed by atoms with Crippen molar-refractivity contribution in [3.8, 4) is 0 Å². The SMILES string of the molecule is CCC(O)C(C)C(I)C(O)CC(C)/C=C/C=C(\C)C1OC(=O)CC(O)CCC(C)(O)C(OC(C)=O)/C=C/C1C. The molecule has 224 valence electrons. The van der Waals surface area contributed by atoms with Crippen LogP contribution in [0.2, 0.25) is 0 Å². The molecule has 4 N–H and O–H groups in total. The second-order valence-electron chi connectivity index (χ2n) is 11.3. The maximum atomic E-state index is 12.6. The minimum absolute atomic E-state index is 0.0168. The molecule has 0 aliphatic carbocycles. The van der Waals surface area contributed by atoms with Crippen molar-refractivity contribution in [2.45, 2.75) is 121 Å². The maximum Gasteiger partial charge on any atom is 0.309 e. The fourth-order valence-electron chi connectivity index (χ4n) is 4.65. The third-order valence-electron chi connectivity index (χ3n) is 7.37. The third-order valence-corrected chi connectivity index (χ3v) is 9.34. The first kappa shape index (κ1) is 35.8. The summed E-state index contributed by atoms with van der Waals surface area (Å²) in [6, 6.07) is 0. The van der Waals surface area contributed by atoms with Crippen molar-refractivity contribution in [1.29, 1.82) is 0 Å². The maximum absolute atomic E-state index is 12.6. The molecule has 0 aromatic carbocycles. The topological polar surface area (TPSA) is 134 Å². The van der Waals surface area contributed by atoms with Gasteiger partial charge in [-0.15, -0.1) is 0 Å². The van der Waals surface area contributed by atoms with E-state index in [2.05, 4.69) is 22.6 Å². The first-order valence-electron chi connectivity index (χ1n) is 13.9. The van der Waals surface area contributed by atoms with Crippen LogP contribution >= 0.6 is 22.6 Å². The van der Waals surface area contributed by atoms with Crippen LogP contribution in [0.15, 0.2) is 36.0 Å². The molecule has 1 aliphatic rings. The van der Waals surface area contributed by atoms with E-state index < -0.39 is 48.1 Å². The number of alkyl halides is 1. The smallest absolute Gasteiger partial charge is 0.309 e. The molecule has 0 bridgehead atoms. The van der Waals surface area contributed by atoms with E-state index in [-0.39, 0.29) is 40.9 Å². The number of halogens is 1. The summed E-state index contributed by atoms with van der Waals surface area (Å²) in [5, 5.41) is 42.1. The van der Waals surface area contributed by atoms with Crippen LogP contribution in [0.25, 0.3) is 0 Å². The van der Waals surface area contributed by atoms with Gasteiger partial charge in [-0.05, 0) is 63.0 Å². The van der Waals surface area contributed by atoms with Crippen molar-refractivity contribution in [1.82, 2.24) is 0 Å². The Morgan fingerprint density at radius 3 is 2.49 bits per heavy atom. The highest BCUT2D eigenvalue weighted by Crippen LogP contribution is 2.28. The van der Waals surface area contributed by atoms with Gasteiger partial charge in [0.25, 0.3) is 0 Å². The first-order valence-corrected chi connectivity index (χ1v) is 15.1. The number of esters is 2. The van der Waals surface area contributed by atoms with E-state index >= 15 is 0 Å². The molecular formula is C30H49IO8. The molecule has 0 aromatic rings. The number of cyclic esters (lactones) is 1. The van der Waals surface area contributed by atoms with Crippen molar-refractivity contribution >= 4 is 34.5 Å². The van der Waals surface area contributed by atoms with Crippen LogP contribution in [0, 0.1) is 17.8 Å². The van der Waals surface area contributed by atoms with E-state index in [9.17, 15) is 30.0 Å². The van der Waals surface area contributed by atoms with E-state index in [0.717, 1.165) is 5.57 Å². The van der Waals surface area contributed by atoms with Gasteiger partial charge in [-0.3, -0.25) is 9.59 Å². The highest BCUT2D eigenvalue weighted by atomic mass is 127. The summed E-state index contributed by atoms with van der Waals surface area (Å²) in [7, 11) is 0. The lowest BCUT2D eigenvalue weighted by Gasteiger charge is -2.32. The summed E-state index contributed by atoms with van der Waals surface area (Å²) in [6.07, 6.45) is 6.81. The van der Waals surface area contributed by atoms with Gasteiger partial charge < -0.3 is 29.9 Å². The van der Waals surface area contributed by atoms with Crippen molar-refractivity contribution in [2.24, 2.45) is 17.8 Å². The molecule has 0 radical (unpaired) electrons. The highest BCUT2D eigenvalue weighted by Gasteiger charge is 2.35. The van der Waals surface area contributed by atoms with Gasteiger partial charge in [-0.25, -0.2) is 0 Å². The van der Waals surface area contributed by atoms with E-state index in [1.54, 1.807) is 19.1 Å². The number of hydrogen-bond acceptors (Lipinski definition) is 8. The van der Waals surface area contributed by atoms with Crippen LogP contribution in [0.5, 0.6) is 0 Å². The second kappa shape index (κ2) is 16.9. The quantitative estimate of drug-likeness (QED) is 0.0888. The molecular weight excluding hydrogens is 615 g/mol. The zero-order chi connectivity index (χ0) is 29.9. The van der Waals surface area contributed by atoms with Gasteiger partial charge in [0.05, 0.1) is 24.7 Å². The zero-order valence-electron chi connectivity index (χ0n) is 24.4. The number of hydrogen-bond donors (Lipinski definition) is 4. The van der Waals surface area contributed by atoms with E-state index in [1.165, 1.54) is 6.92 Å². The predicted molar refractivity (Wildman–Crippen MR) is 160 cm³/mol.